The van der Waals surface area contributed by atoms with Crippen LogP contribution in [0.15, 0.2) is 6.07 Å². The lowest BCUT2D eigenvalue weighted by Crippen LogP contribution is -2.29. The third-order valence-corrected chi connectivity index (χ3v) is 5.41. The molecule has 0 spiro atoms. The van der Waals surface area contributed by atoms with Crippen molar-refractivity contribution in [2.75, 3.05) is 13.1 Å². The average Bonchev–Trinajstić information content (AvgIpc) is 3.02. The molecular weight excluding hydrogens is 286 g/mol. The summed E-state index contributed by atoms with van der Waals surface area (Å²) in [6.07, 6.45) is 3.02. The van der Waals surface area contributed by atoms with Crippen molar-refractivity contribution in [3.8, 4) is 0 Å². The van der Waals surface area contributed by atoms with Crippen LogP contribution >= 0.6 is 11.3 Å². The standard InChI is InChI=1S/C16H23NO3S/c1-4-6-13-11(5-2)7-14(21-13)15(18)17-8-10(3)12(9-17)16(19)20/h7,10,12H,4-6,8-9H2,1-3H3,(H,19,20). The van der Waals surface area contributed by atoms with E-state index in [-0.39, 0.29) is 11.8 Å². The van der Waals surface area contributed by atoms with Crippen LogP contribution in [0.3, 0.4) is 0 Å². The van der Waals surface area contributed by atoms with Gasteiger partial charge in [0.1, 0.15) is 0 Å². The molecule has 0 aliphatic carbocycles. The van der Waals surface area contributed by atoms with Crippen LogP contribution in [0.5, 0.6) is 0 Å². The van der Waals surface area contributed by atoms with Crippen molar-refractivity contribution >= 4 is 23.2 Å². The van der Waals surface area contributed by atoms with E-state index in [1.165, 1.54) is 10.4 Å². The number of aryl methyl sites for hydroxylation is 2. The maximum atomic E-state index is 12.6. The van der Waals surface area contributed by atoms with E-state index in [4.69, 9.17) is 0 Å². The van der Waals surface area contributed by atoms with E-state index >= 15 is 0 Å². The Kier molecular flexibility index (Phi) is 5.04. The Hall–Kier alpha value is -1.36. The Labute approximate surface area is 129 Å². The zero-order chi connectivity index (χ0) is 15.6. The number of nitrogens with zero attached hydrogens (tertiary/aromatic N) is 1. The van der Waals surface area contributed by atoms with Crippen LogP contribution in [0.1, 0.15) is 47.3 Å². The number of carboxylic acid groups (broad SMARTS) is 1. The maximum Gasteiger partial charge on any atom is 0.308 e. The molecule has 1 aliphatic heterocycles. The Morgan fingerprint density at radius 1 is 1.38 bits per heavy atom. The lowest BCUT2D eigenvalue weighted by Gasteiger charge is -2.14. The van der Waals surface area contributed by atoms with E-state index in [1.807, 2.05) is 13.0 Å². The van der Waals surface area contributed by atoms with Gasteiger partial charge in [-0.1, -0.05) is 27.2 Å². The largest absolute Gasteiger partial charge is 0.481 e. The fourth-order valence-corrected chi connectivity index (χ4v) is 4.24. The molecule has 2 unspecified atom stereocenters. The Bertz CT molecular complexity index is 538. The van der Waals surface area contributed by atoms with Gasteiger partial charge in [0, 0.05) is 18.0 Å². The van der Waals surface area contributed by atoms with E-state index in [2.05, 4.69) is 13.8 Å². The zero-order valence-electron chi connectivity index (χ0n) is 12.9. The molecule has 1 N–H and O–H groups in total. The van der Waals surface area contributed by atoms with Crippen molar-refractivity contribution in [2.45, 2.75) is 40.0 Å². The lowest BCUT2D eigenvalue weighted by atomic mass is 9.99. The highest BCUT2D eigenvalue weighted by Crippen LogP contribution is 2.29. The molecular formula is C16H23NO3S. The number of carboxylic acids is 1. The van der Waals surface area contributed by atoms with Gasteiger partial charge in [-0.3, -0.25) is 9.59 Å². The van der Waals surface area contributed by atoms with Crippen molar-refractivity contribution in [2.24, 2.45) is 11.8 Å². The summed E-state index contributed by atoms with van der Waals surface area (Å²) in [5.41, 5.74) is 1.26. The van der Waals surface area contributed by atoms with Gasteiger partial charge in [-0.2, -0.15) is 0 Å². The molecule has 2 heterocycles. The summed E-state index contributed by atoms with van der Waals surface area (Å²) in [4.78, 5) is 27.5. The third kappa shape index (κ3) is 3.28. The molecule has 0 saturated carbocycles. The normalized spacial score (nSPS) is 21.8. The average molecular weight is 309 g/mol. The molecule has 21 heavy (non-hydrogen) atoms. The second-order valence-electron chi connectivity index (χ2n) is 5.79. The Balaban J connectivity index is 2.15. The van der Waals surface area contributed by atoms with E-state index in [9.17, 15) is 14.7 Å². The van der Waals surface area contributed by atoms with Gasteiger partial charge in [-0.15, -0.1) is 11.3 Å². The molecule has 5 heteroatoms. The topological polar surface area (TPSA) is 57.6 Å². The van der Waals surface area contributed by atoms with Crippen molar-refractivity contribution in [1.29, 1.82) is 0 Å². The van der Waals surface area contributed by atoms with Gasteiger partial charge >= 0.3 is 5.97 Å². The number of carbonyl (C=O) groups excluding carboxylic acids is 1. The van der Waals surface area contributed by atoms with Gasteiger partial charge in [0.25, 0.3) is 5.91 Å². The minimum absolute atomic E-state index is 0.00680. The van der Waals surface area contributed by atoms with Crippen molar-refractivity contribution < 1.29 is 14.7 Å². The van der Waals surface area contributed by atoms with Crippen molar-refractivity contribution in [1.82, 2.24) is 4.90 Å². The summed E-state index contributed by atoms with van der Waals surface area (Å²) >= 11 is 1.58. The molecule has 1 amide bonds. The van der Waals surface area contributed by atoms with E-state index < -0.39 is 11.9 Å². The summed E-state index contributed by atoms with van der Waals surface area (Å²) in [5.74, 6) is -1.22. The Morgan fingerprint density at radius 2 is 2.10 bits per heavy atom. The molecule has 1 aromatic heterocycles. The molecule has 0 aromatic carbocycles. The first-order chi connectivity index (χ1) is 9.97. The number of carbonyl (C=O) groups is 2. The molecule has 116 valence electrons. The minimum Gasteiger partial charge on any atom is -0.481 e. The second-order valence-corrected chi connectivity index (χ2v) is 6.93. The lowest BCUT2D eigenvalue weighted by molar-refractivity contribution is -0.142. The first-order valence-electron chi connectivity index (χ1n) is 7.61. The van der Waals surface area contributed by atoms with E-state index in [0.29, 0.717) is 13.1 Å². The molecule has 1 saturated heterocycles. The molecule has 1 fully saturated rings. The van der Waals surface area contributed by atoms with Crippen molar-refractivity contribution in [3.63, 3.8) is 0 Å². The van der Waals surface area contributed by atoms with Crippen LogP contribution in [0, 0.1) is 11.8 Å². The number of hydrogen-bond acceptors (Lipinski definition) is 3. The number of rotatable bonds is 5. The summed E-state index contributed by atoms with van der Waals surface area (Å²) in [7, 11) is 0. The highest BCUT2D eigenvalue weighted by molar-refractivity contribution is 7.14. The van der Waals surface area contributed by atoms with Crippen LogP contribution in [-0.2, 0) is 17.6 Å². The smallest absolute Gasteiger partial charge is 0.308 e. The quantitative estimate of drug-likeness (QED) is 0.909. The van der Waals surface area contributed by atoms with Crippen LogP contribution < -0.4 is 0 Å². The molecule has 2 rings (SSSR count). The predicted octanol–water partition coefficient (Wildman–Crippen LogP) is 3.06. The van der Waals surface area contributed by atoms with Crippen LogP contribution in [-0.4, -0.2) is 35.0 Å². The first kappa shape index (κ1) is 16.0. The fraction of sp³-hybridized carbons (Fsp3) is 0.625. The summed E-state index contributed by atoms with van der Waals surface area (Å²) in [5, 5.41) is 9.17. The number of amides is 1. The minimum atomic E-state index is -0.801. The highest BCUT2D eigenvalue weighted by Gasteiger charge is 2.37. The van der Waals surface area contributed by atoms with Crippen LogP contribution in [0.2, 0.25) is 0 Å². The summed E-state index contributed by atoms with van der Waals surface area (Å²) in [6, 6.07) is 2.00. The highest BCUT2D eigenvalue weighted by atomic mass is 32.1. The number of thiophene rings is 1. The van der Waals surface area contributed by atoms with Gasteiger partial charge in [0.05, 0.1) is 10.8 Å². The SMILES string of the molecule is CCCc1sc(C(=O)N2CC(C)C(C(=O)O)C2)cc1CC. The first-order valence-corrected chi connectivity index (χ1v) is 8.43. The monoisotopic (exact) mass is 309 g/mol. The van der Waals surface area contributed by atoms with E-state index in [1.54, 1.807) is 16.2 Å². The fourth-order valence-electron chi connectivity index (χ4n) is 2.92. The van der Waals surface area contributed by atoms with E-state index in [0.717, 1.165) is 24.1 Å². The van der Waals surface area contributed by atoms with Gasteiger partial charge in [-0.25, -0.2) is 0 Å². The zero-order valence-corrected chi connectivity index (χ0v) is 13.7. The van der Waals surface area contributed by atoms with Gasteiger partial charge < -0.3 is 10.0 Å². The molecule has 0 bridgehead atoms. The second kappa shape index (κ2) is 6.60. The van der Waals surface area contributed by atoms with Gasteiger partial charge in [-0.05, 0) is 30.4 Å². The van der Waals surface area contributed by atoms with Crippen LogP contribution in [0.4, 0.5) is 0 Å². The number of likely N-dealkylation sites (tertiary alicyclic amines) is 1. The molecule has 4 nitrogen and oxygen atoms in total. The Morgan fingerprint density at radius 3 is 2.62 bits per heavy atom. The maximum absolute atomic E-state index is 12.6. The third-order valence-electron chi connectivity index (χ3n) is 4.18. The van der Waals surface area contributed by atoms with Gasteiger partial charge in [0.2, 0.25) is 0 Å². The molecule has 2 atom stereocenters. The number of hydrogen-bond donors (Lipinski definition) is 1. The van der Waals surface area contributed by atoms with Crippen molar-refractivity contribution in [3.05, 3.63) is 21.4 Å². The summed E-state index contributed by atoms with van der Waals surface area (Å²) < 4.78 is 0. The predicted molar refractivity (Wildman–Crippen MR) is 83.9 cm³/mol. The van der Waals surface area contributed by atoms with Crippen LogP contribution in [0.25, 0.3) is 0 Å². The summed E-state index contributed by atoms with van der Waals surface area (Å²) in [6.45, 7) is 7.02. The molecule has 0 radical (unpaired) electrons. The molecule has 1 aromatic rings. The molecule has 1 aliphatic rings. The number of aliphatic carboxylic acids is 1. The van der Waals surface area contributed by atoms with Gasteiger partial charge in [0.15, 0.2) is 0 Å².